The summed E-state index contributed by atoms with van der Waals surface area (Å²) in [5, 5.41) is 10.1. The number of aliphatic hydroxyl groups is 1. The van der Waals surface area contributed by atoms with Gasteiger partial charge >= 0.3 is 0 Å². The van der Waals surface area contributed by atoms with Crippen LogP contribution in [0.25, 0.3) is 0 Å². The molecular weight excluding hydrogens is 210 g/mol. The highest BCUT2D eigenvalue weighted by molar-refractivity contribution is 5.31. The van der Waals surface area contributed by atoms with Crippen LogP contribution < -0.4 is 5.73 Å². The van der Waals surface area contributed by atoms with Crippen LogP contribution in [0.1, 0.15) is 36.0 Å². The first kappa shape index (κ1) is 12.6. The maximum atomic E-state index is 10.1. The smallest absolute Gasteiger partial charge is 0.0611 e. The lowest BCUT2D eigenvalue weighted by Gasteiger charge is -2.31. The summed E-state index contributed by atoms with van der Waals surface area (Å²) in [6.45, 7) is 4.85. The van der Waals surface area contributed by atoms with E-state index in [2.05, 4.69) is 32.0 Å². The molecule has 2 nitrogen and oxygen atoms in total. The third-order valence-electron chi connectivity index (χ3n) is 4.39. The molecule has 2 atom stereocenters. The van der Waals surface area contributed by atoms with Crippen molar-refractivity contribution in [2.24, 2.45) is 11.1 Å². The molecule has 1 aromatic rings. The Morgan fingerprint density at radius 1 is 1.35 bits per heavy atom. The molecule has 2 unspecified atom stereocenters. The number of nitrogens with two attached hydrogens (primary N) is 1. The number of rotatable bonds is 3. The Morgan fingerprint density at radius 2 is 2.12 bits per heavy atom. The van der Waals surface area contributed by atoms with Crippen LogP contribution in [0, 0.1) is 19.3 Å². The maximum absolute atomic E-state index is 10.1. The van der Waals surface area contributed by atoms with Gasteiger partial charge in [-0.3, -0.25) is 0 Å². The van der Waals surface area contributed by atoms with Gasteiger partial charge in [-0.1, -0.05) is 24.6 Å². The van der Waals surface area contributed by atoms with Gasteiger partial charge in [0.25, 0.3) is 0 Å². The predicted octanol–water partition coefficient (Wildman–Crippen LogP) is 2.34. The summed E-state index contributed by atoms with van der Waals surface area (Å²) in [6, 6.07) is 6.57. The molecule has 2 heteroatoms. The van der Waals surface area contributed by atoms with Gasteiger partial charge in [-0.15, -0.1) is 0 Å². The van der Waals surface area contributed by atoms with Gasteiger partial charge in [0.1, 0.15) is 0 Å². The number of aliphatic hydroxyl groups excluding tert-OH is 1. The van der Waals surface area contributed by atoms with Crippen LogP contribution >= 0.6 is 0 Å². The van der Waals surface area contributed by atoms with Gasteiger partial charge in [0.15, 0.2) is 0 Å². The fraction of sp³-hybridized carbons (Fsp3) is 0.600. The van der Waals surface area contributed by atoms with Crippen molar-refractivity contribution < 1.29 is 5.11 Å². The van der Waals surface area contributed by atoms with E-state index in [1.165, 1.54) is 16.7 Å². The summed E-state index contributed by atoms with van der Waals surface area (Å²) in [7, 11) is 0. The summed E-state index contributed by atoms with van der Waals surface area (Å²) >= 11 is 0. The Hall–Kier alpha value is -0.860. The third-order valence-corrected chi connectivity index (χ3v) is 4.39. The molecule has 1 aliphatic carbocycles. The molecule has 1 fully saturated rings. The van der Waals surface area contributed by atoms with Crippen molar-refractivity contribution in [1.82, 2.24) is 0 Å². The van der Waals surface area contributed by atoms with Crippen molar-refractivity contribution in [2.45, 2.75) is 45.6 Å². The van der Waals surface area contributed by atoms with Crippen molar-refractivity contribution in [3.63, 3.8) is 0 Å². The van der Waals surface area contributed by atoms with Crippen LogP contribution in [0.2, 0.25) is 0 Å². The van der Waals surface area contributed by atoms with Gasteiger partial charge < -0.3 is 10.8 Å². The number of aryl methyl sites for hydroxylation is 2. The third kappa shape index (κ3) is 2.38. The number of hydrogen-bond donors (Lipinski definition) is 2. The monoisotopic (exact) mass is 233 g/mol. The van der Waals surface area contributed by atoms with Crippen molar-refractivity contribution in [3.05, 3.63) is 34.9 Å². The highest BCUT2D eigenvalue weighted by Gasteiger charge is 2.40. The van der Waals surface area contributed by atoms with Gasteiger partial charge in [0, 0.05) is 12.0 Å². The summed E-state index contributed by atoms with van der Waals surface area (Å²) in [5.41, 5.74) is 9.78. The molecule has 0 aromatic heterocycles. The fourth-order valence-corrected chi connectivity index (χ4v) is 2.96. The molecule has 0 heterocycles. The van der Waals surface area contributed by atoms with E-state index in [-0.39, 0.29) is 11.5 Å². The van der Waals surface area contributed by atoms with Crippen molar-refractivity contribution in [3.8, 4) is 0 Å². The van der Waals surface area contributed by atoms with Crippen LogP contribution in [-0.4, -0.2) is 17.8 Å². The Bertz CT molecular complexity index is 402. The van der Waals surface area contributed by atoms with Gasteiger partial charge in [-0.25, -0.2) is 0 Å². The maximum Gasteiger partial charge on any atom is 0.0611 e. The molecule has 1 saturated carbocycles. The van der Waals surface area contributed by atoms with E-state index in [1.54, 1.807) is 0 Å². The molecule has 1 aliphatic rings. The van der Waals surface area contributed by atoms with Gasteiger partial charge in [-0.2, -0.15) is 0 Å². The molecule has 0 aliphatic heterocycles. The zero-order valence-corrected chi connectivity index (χ0v) is 10.9. The summed E-state index contributed by atoms with van der Waals surface area (Å²) in [6.07, 6.45) is 3.74. The molecule has 94 valence electrons. The van der Waals surface area contributed by atoms with Crippen LogP contribution in [0.4, 0.5) is 0 Å². The van der Waals surface area contributed by atoms with E-state index in [0.717, 1.165) is 25.7 Å². The molecular formula is C15H23NO. The van der Waals surface area contributed by atoms with Crippen LogP contribution in [-0.2, 0) is 6.42 Å². The predicted molar refractivity (Wildman–Crippen MR) is 71.0 cm³/mol. The van der Waals surface area contributed by atoms with Crippen molar-refractivity contribution in [2.75, 3.05) is 6.54 Å². The van der Waals surface area contributed by atoms with Crippen LogP contribution in [0.5, 0.6) is 0 Å². The molecule has 0 bridgehead atoms. The Morgan fingerprint density at radius 3 is 2.65 bits per heavy atom. The van der Waals surface area contributed by atoms with E-state index in [4.69, 9.17) is 5.73 Å². The van der Waals surface area contributed by atoms with E-state index in [9.17, 15) is 5.11 Å². The largest absolute Gasteiger partial charge is 0.392 e. The highest BCUT2D eigenvalue weighted by Crippen LogP contribution is 2.40. The lowest BCUT2D eigenvalue weighted by atomic mass is 9.78. The quantitative estimate of drug-likeness (QED) is 0.841. The second kappa shape index (κ2) is 4.79. The Kier molecular flexibility index (Phi) is 3.55. The normalized spacial score (nSPS) is 28.6. The van der Waals surface area contributed by atoms with E-state index < -0.39 is 0 Å². The first-order valence-corrected chi connectivity index (χ1v) is 6.52. The standard InChI is InChI=1S/C15H23NO/c1-11-5-6-13(8-12(11)2)9-15(10-16)7-3-4-14(15)17/h5-6,8,14,17H,3-4,7,9-10,16H2,1-2H3. The van der Waals surface area contributed by atoms with Crippen LogP contribution in [0.15, 0.2) is 18.2 Å². The van der Waals surface area contributed by atoms with Crippen LogP contribution in [0.3, 0.4) is 0 Å². The molecule has 17 heavy (non-hydrogen) atoms. The Labute approximate surface area is 104 Å². The fourth-order valence-electron chi connectivity index (χ4n) is 2.96. The van der Waals surface area contributed by atoms with E-state index in [0.29, 0.717) is 6.54 Å². The minimum atomic E-state index is -0.228. The molecule has 3 N–H and O–H groups in total. The first-order chi connectivity index (χ1) is 8.07. The summed E-state index contributed by atoms with van der Waals surface area (Å²) < 4.78 is 0. The lowest BCUT2D eigenvalue weighted by molar-refractivity contribution is 0.0588. The number of hydrogen-bond acceptors (Lipinski definition) is 2. The molecule has 0 spiro atoms. The summed E-state index contributed by atoms with van der Waals surface area (Å²) in [5.74, 6) is 0. The molecule has 1 aromatic carbocycles. The molecule has 0 saturated heterocycles. The zero-order chi connectivity index (χ0) is 12.5. The topological polar surface area (TPSA) is 46.2 Å². The molecule has 0 amide bonds. The van der Waals surface area contributed by atoms with Gasteiger partial charge in [-0.05, 0) is 49.8 Å². The number of benzene rings is 1. The lowest BCUT2D eigenvalue weighted by Crippen LogP contribution is -2.39. The van der Waals surface area contributed by atoms with Gasteiger partial charge in [0.2, 0.25) is 0 Å². The SMILES string of the molecule is Cc1ccc(CC2(CN)CCCC2O)cc1C. The average Bonchev–Trinajstić information content (AvgIpc) is 2.66. The first-order valence-electron chi connectivity index (χ1n) is 6.52. The molecule has 0 radical (unpaired) electrons. The zero-order valence-electron chi connectivity index (χ0n) is 10.9. The van der Waals surface area contributed by atoms with Crippen molar-refractivity contribution >= 4 is 0 Å². The summed E-state index contributed by atoms with van der Waals surface area (Å²) in [4.78, 5) is 0. The Balaban J connectivity index is 2.21. The molecule has 2 rings (SSSR count). The van der Waals surface area contributed by atoms with E-state index >= 15 is 0 Å². The average molecular weight is 233 g/mol. The highest BCUT2D eigenvalue weighted by atomic mass is 16.3. The van der Waals surface area contributed by atoms with E-state index in [1.807, 2.05) is 0 Å². The second-order valence-electron chi connectivity index (χ2n) is 5.57. The minimum Gasteiger partial charge on any atom is -0.392 e. The van der Waals surface area contributed by atoms with Crippen molar-refractivity contribution in [1.29, 1.82) is 0 Å². The van der Waals surface area contributed by atoms with Gasteiger partial charge in [0.05, 0.1) is 6.10 Å². The second-order valence-corrected chi connectivity index (χ2v) is 5.57. The minimum absolute atomic E-state index is 0.0816.